The van der Waals surface area contributed by atoms with Gasteiger partial charge in [-0.25, -0.2) is 4.98 Å². The Morgan fingerprint density at radius 2 is 2.20 bits per heavy atom. The van der Waals surface area contributed by atoms with E-state index in [1.165, 1.54) is 0 Å². The van der Waals surface area contributed by atoms with Crippen molar-refractivity contribution in [3.05, 3.63) is 29.7 Å². The van der Waals surface area contributed by atoms with Gasteiger partial charge in [-0.2, -0.15) is 0 Å². The van der Waals surface area contributed by atoms with E-state index >= 15 is 0 Å². The average molecular weight is 333 g/mol. The molecule has 0 saturated carbocycles. The van der Waals surface area contributed by atoms with Crippen molar-refractivity contribution < 1.29 is 9.21 Å². The average Bonchev–Trinajstić information content (AvgIpc) is 2.55. The minimum absolute atomic E-state index is 0.0300. The number of ketones is 1. The maximum absolute atomic E-state index is 11.6. The molecular formula is C10H7Br2NO2. The highest BCUT2D eigenvalue weighted by atomic mass is 79.9. The number of hydrogen-bond acceptors (Lipinski definition) is 3. The molecule has 0 aliphatic carbocycles. The third kappa shape index (κ3) is 2.13. The molecule has 3 nitrogen and oxygen atoms in total. The number of halogens is 2. The number of Topliss-reactive ketones (excluding diaryl/α,β-unsaturated/α-hetero) is 1. The molecule has 15 heavy (non-hydrogen) atoms. The van der Waals surface area contributed by atoms with Gasteiger partial charge in [0.1, 0.15) is 9.25 Å². The van der Waals surface area contributed by atoms with E-state index in [1.807, 2.05) is 0 Å². The lowest BCUT2D eigenvalue weighted by molar-refractivity contribution is 0.101. The predicted octanol–water partition coefficient (Wildman–Crippen LogP) is 3.43. The molecule has 5 heteroatoms. The first-order valence-corrected chi connectivity index (χ1v) is 6.10. The Hall–Kier alpha value is -0.680. The summed E-state index contributed by atoms with van der Waals surface area (Å²) in [5, 5.41) is 0. The summed E-state index contributed by atoms with van der Waals surface area (Å²) < 4.78 is 4.95. The molecule has 0 spiro atoms. The molecule has 2 aromatic rings. The monoisotopic (exact) mass is 331 g/mol. The predicted molar refractivity (Wildman–Crippen MR) is 64.7 cm³/mol. The summed E-state index contributed by atoms with van der Waals surface area (Å²) in [5.41, 5.74) is 2.01. The standard InChI is InChI=1S/C10H7Br2NO2/c1-5-13-7-4-6(9(14)10(11)12)2-3-8(7)15-5/h2-4,10H,1H3. The highest BCUT2D eigenvalue weighted by Gasteiger charge is 2.14. The number of nitrogens with zero attached hydrogens (tertiary/aromatic N) is 1. The maximum atomic E-state index is 11.6. The zero-order valence-corrected chi connectivity index (χ0v) is 11.0. The summed E-state index contributed by atoms with van der Waals surface area (Å²) in [5.74, 6) is 0.571. The van der Waals surface area contributed by atoms with Crippen LogP contribution in [0.1, 0.15) is 16.2 Å². The second kappa shape index (κ2) is 4.06. The largest absolute Gasteiger partial charge is 0.441 e. The van der Waals surface area contributed by atoms with Gasteiger partial charge in [-0.1, -0.05) is 31.9 Å². The fourth-order valence-corrected chi connectivity index (χ4v) is 1.85. The number of hydrogen-bond donors (Lipinski definition) is 0. The van der Waals surface area contributed by atoms with E-state index in [0.717, 1.165) is 0 Å². The van der Waals surface area contributed by atoms with Crippen molar-refractivity contribution >= 4 is 48.7 Å². The van der Waals surface area contributed by atoms with E-state index < -0.39 is 0 Å². The van der Waals surface area contributed by atoms with Gasteiger partial charge in [-0.15, -0.1) is 0 Å². The van der Waals surface area contributed by atoms with E-state index in [2.05, 4.69) is 36.8 Å². The minimum Gasteiger partial charge on any atom is -0.441 e. The van der Waals surface area contributed by atoms with Crippen LogP contribution in [-0.4, -0.2) is 14.5 Å². The van der Waals surface area contributed by atoms with Gasteiger partial charge >= 0.3 is 0 Å². The van der Waals surface area contributed by atoms with E-state index in [1.54, 1.807) is 25.1 Å². The molecular weight excluding hydrogens is 326 g/mol. The first-order valence-electron chi connectivity index (χ1n) is 4.27. The molecule has 78 valence electrons. The van der Waals surface area contributed by atoms with Crippen molar-refractivity contribution in [3.8, 4) is 0 Å². The van der Waals surface area contributed by atoms with Crippen LogP contribution in [0, 0.1) is 6.92 Å². The third-order valence-electron chi connectivity index (χ3n) is 1.98. The third-order valence-corrected chi connectivity index (χ3v) is 2.81. The van der Waals surface area contributed by atoms with Crippen LogP contribution in [0.15, 0.2) is 22.6 Å². The second-order valence-corrected chi connectivity index (χ2v) is 6.14. The van der Waals surface area contributed by atoms with E-state index in [4.69, 9.17) is 4.42 Å². The van der Waals surface area contributed by atoms with Crippen molar-refractivity contribution in [1.29, 1.82) is 0 Å². The Bertz CT molecular complexity index is 519. The van der Waals surface area contributed by atoms with Crippen LogP contribution in [0.25, 0.3) is 11.1 Å². The fraction of sp³-hybridized carbons (Fsp3) is 0.200. The van der Waals surface area contributed by atoms with Gasteiger partial charge in [0.05, 0.1) is 0 Å². The van der Waals surface area contributed by atoms with Crippen molar-refractivity contribution in [2.24, 2.45) is 0 Å². The van der Waals surface area contributed by atoms with Gasteiger partial charge in [0, 0.05) is 12.5 Å². The smallest absolute Gasteiger partial charge is 0.192 e. The zero-order chi connectivity index (χ0) is 11.0. The van der Waals surface area contributed by atoms with Gasteiger partial charge in [0.15, 0.2) is 17.3 Å². The van der Waals surface area contributed by atoms with Gasteiger partial charge in [-0.3, -0.25) is 4.79 Å². The number of aromatic nitrogens is 1. The molecule has 0 N–H and O–H groups in total. The number of rotatable bonds is 2. The van der Waals surface area contributed by atoms with Gasteiger partial charge in [-0.05, 0) is 18.2 Å². The normalized spacial score (nSPS) is 11.2. The minimum atomic E-state index is -0.365. The Morgan fingerprint density at radius 1 is 1.47 bits per heavy atom. The molecule has 0 saturated heterocycles. The molecule has 0 amide bonds. The number of fused-ring (bicyclic) bond motifs is 1. The molecule has 2 rings (SSSR count). The van der Waals surface area contributed by atoms with Crippen LogP contribution in [0.2, 0.25) is 0 Å². The molecule has 0 aliphatic rings. The molecule has 0 radical (unpaired) electrons. The number of carbonyl (C=O) groups is 1. The molecule has 0 atom stereocenters. The van der Waals surface area contributed by atoms with E-state index in [9.17, 15) is 4.79 Å². The van der Waals surface area contributed by atoms with Gasteiger partial charge in [0.25, 0.3) is 0 Å². The lowest BCUT2D eigenvalue weighted by Gasteiger charge is -2.00. The molecule has 0 aliphatic heterocycles. The quantitative estimate of drug-likeness (QED) is 0.625. The van der Waals surface area contributed by atoms with Crippen LogP contribution >= 0.6 is 31.9 Å². The van der Waals surface area contributed by atoms with Gasteiger partial charge in [0.2, 0.25) is 0 Å². The Morgan fingerprint density at radius 3 is 2.87 bits per heavy atom. The summed E-state index contributed by atoms with van der Waals surface area (Å²) in [6, 6.07) is 5.21. The fourth-order valence-electron chi connectivity index (χ4n) is 1.32. The summed E-state index contributed by atoms with van der Waals surface area (Å²) >= 11 is 6.34. The van der Waals surface area contributed by atoms with E-state index in [-0.39, 0.29) is 9.52 Å². The van der Waals surface area contributed by atoms with Crippen molar-refractivity contribution in [3.63, 3.8) is 0 Å². The Labute approximate surface area is 103 Å². The van der Waals surface area contributed by atoms with Crippen molar-refractivity contribution in [1.82, 2.24) is 4.98 Å². The van der Waals surface area contributed by atoms with Crippen LogP contribution < -0.4 is 0 Å². The molecule has 0 bridgehead atoms. The summed E-state index contributed by atoms with van der Waals surface area (Å²) in [7, 11) is 0. The number of oxazole rings is 1. The first kappa shape index (κ1) is 10.8. The van der Waals surface area contributed by atoms with Crippen molar-refractivity contribution in [2.45, 2.75) is 10.7 Å². The molecule has 1 aromatic carbocycles. The number of aryl methyl sites for hydroxylation is 1. The Balaban J connectivity index is 2.51. The lowest BCUT2D eigenvalue weighted by atomic mass is 10.1. The Kier molecular flexibility index (Phi) is 2.93. The van der Waals surface area contributed by atoms with E-state index in [0.29, 0.717) is 22.6 Å². The topological polar surface area (TPSA) is 43.1 Å². The number of carbonyl (C=O) groups excluding carboxylic acids is 1. The zero-order valence-electron chi connectivity index (χ0n) is 7.83. The second-order valence-electron chi connectivity index (χ2n) is 3.08. The maximum Gasteiger partial charge on any atom is 0.192 e. The summed E-state index contributed by atoms with van der Waals surface area (Å²) in [4.78, 5) is 15.8. The first-order chi connectivity index (χ1) is 7.08. The molecule has 1 aromatic heterocycles. The highest BCUT2D eigenvalue weighted by Crippen LogP contribution is 2.20. The SMILES string of the molecule is Cc1nc2cc(C(=O)C(Br)Br)ccc2o1. The summed E-state index contributed by atoms with van der Waals surface area (Å²) in [6.07, 6.45) is 0. The van der Waals surface area contributed by atoms with Crippen LogP contribution in [0.3, 0.4) is 0 Å². The lowest BCUT2D eigenvalue weighted by Crippen LogP contribution is -2.06. The van der Waals surface area contributed by atoms with Crippen LogP contribution in [-0.2, 0) is 0 Å². The highest BCUT2D eigenvalue weighted by molar-refractivity contribution is 9.25. The molecule has 0 fully saturated rings. The van der Waals surface area contributed by atoms with Gasteiger partial charge < -0.3 is 4.42 Å². The summed E-state index contributed by atoms with van der Waals surface area (Å²) in [6.45, 7) is 1.78. The molecule has 0 unspecified atom stereocenters. The van der Waals surface area contributed by atoms with Crippen molar-refractivity contribution in [2.75, 3.05) is 0 Å². The molecule has 1 heterocycles. The van der Waals surface area contributed by atoms with Crippen LogP contribution in [0.4, 0.5) is 0 Å². The number of alkyl halides is 2. The van der Waals surface area contributed by atoms with Crippen LogP contribution in [0.5, 0.6) is 0 Å². The number of benzene rings is 1.